The molecule has 3 heterocycles. The molecule has 1 aromatic carbocycles. The van der Waals surface area contributed by atoms with Gasteiger partial charge in [0.1, 0.15) is 23.8 Å². The number of carbonyl (C=O) groups excluding carboxylic acids is 1. The summed E-state index contributed by atoms with van der Waals surface area (Å²) < 4.78 is 5.91. The van der Waals surface area contributed by atoms with Gasteiger partial charge in [0.05, 0.1) is 11.3 Å². The molecule has 4 aromatic rings. The highest BCUT2D eigenvalue weighted by molar-refractivity contribution is 5.89. The lowest BCUT2D eigenvalue weighted by Gasteiger charge is -2.27. The van der Waals surface area contributed by atoms with Gasteiger partial charge in [0.25, 0.3) is 0 Å². The largest absolute Gasteiger partial charge is 0.489 e. The second-order valence-corrected chi connectivity index (χ2v) is 8.99. The SMILES string of the molecule is NC(=O)C1C(Nc2nc(Nc3cccc(OCc4cccnc4)c3)nc3[nH]ccc23)C2C=C[C@@H]1C2. The van der Waals surface area contributed by atoms with E-state index in [0.717, 1.165) is 28.8 Å². The van der Waals surface area contributed by atoms with E-state index in [0.29, 0.717) is 24.0 Å². The summed E-state index contributed by atoms with van der Waals surface area (Å²) in [4.78, 5) is 28.8. The molecule has 3 aromatic heterocycles. The fourth-order valence-electron chi connectivity index (χ4n) is 5.11. The number of benzene rings is 1. The lowest BCUT2D eigenvalue weighted by molar-refractivity contribution is -0.122. The number of hydrogen-bond acceptors (Lipinski definition) is 7. The maximum absolute atomic E-state index is 12.2. The molecule has 6 rings (SSSR count). The van der Waals surface area contributed by atoms with E-state index in [9.17, 15) is 4.79 Å². The number of ether oxygens (including phenoxy) is 1. The molecular formula is C26H25N7O2. The average Bonchev–Trinajstić information content (AvgIpc) is 3.60. The monoisotopic (exact) mass is 467 g/mol. The summed E-state index contributed by atoms with van der Waals surface area (Å²) in [6, 6.07) is 13.3. The zero-order valence-corrected chi connectivity index (χ0v) is 18.9. The van der Waals surface area contributed by atoms with Crippen molar-refractivity contribution < 1.29 is 9.53 Å². The van der Waals surface area contributed by atoms with E-state index < -0.39 is 0 Å². The normalized spacial score (nSPS) is 22.4. The number of amides is 1. The number of nitrogens with zero attached hydrogens (tertiary/aromatic N) is 3. The number of hydrogen-bond donors (Lipinski definition) is 4. The Labute approximate surface area is 201 Å². The predicted octanol–water partition coefficient (Wildman–Crippen LogP) is 3.76. The summed E-state index contributed by atoms with van der Waals surface area (Å²) >= 11 is 0. The number of rotatable bonds is 8. The van der Waals surface area contributed by atoms with E-state index in [2.05, 4.69) is 37.7 Å². The number of aromatic nitrogens is 4. The Kier molecular flexibility index (Phi) is 5.29. The highest BCUT2D eigenvalue weighted by Gasteiger charge is 2.47. The maximum Gasteiger partial charge on any atom is 0.231 e. The quantitative estimate of drug-likeness (QED) is 0.290. The molecule has 0 saturated heterocycles. The van der Waals surface area contributed by atoms with Crippen LogP contribution in [0.1, 0.15) is 12.0 Å². The van der Waals surface area contributed by atoms with Gasteiger partial charge in [-0.05, 0) is 42.5 Å². The highest BCUT2D eigenvalue weighted by atomic mass is 16.5. The Bertz CT molecular complexity index is 1400. The van der Waals surface area contributed by atoms with Gasteiger partial charge < -0.3 is 26.1 Å². The lowest BCUT2D eigenvalue weighted by Crippen LogP contribution is -2.41. The van der Waals surface area contributed by atoms with Gasteiger partial charge in [0.2, 0.25) is 11.9 Å². The second kappa shape index (κ2) is 8.75. The summed E-state index contributed by atoms with van der Waals surface area (Å²) in [7, 11) is 0. The number of H-pyrrole nitrogens is 1. The number of aromatic amines is 1. The number of allylic oxidation sites excluding steroid dienone is 1. The molecule has 3 unspecified atom stereocenters. The molecule has 4 atom stereocenters. The molecule has 9 heteroatoms. The minimum atomic E-state index is -0.278. The van der Waals surface area contributed by atoms with E-state index in [1.807, 2.05) is 48.7 Å². The number of fused-ring (bicyclic) bond motifs is 3. The van der Waals surface area contributed by atoms with Gasteiger partial charge in [-0.1, -0.05) is 24.3 Å². The van der Waals surface area contributed by atoms with Crippen molar-refractivity contribution in [3.8, 4) is 5.75 Å². The molecule has 0 aliphatic heterocycles. The number of nitrogens with one attached hydrogen (secondary N) is 3. The lowest BCUT2D eigenvalue weighted by atomic mass is 9.88. The van der Waals surface area contributed by atoms with Crippen LogP contribution in [0.3, 0.4) is 0 Å². The predicted molar refractivity (Wildman–Crippen MR) is 133 cm³/mol. The van der Waals surface area contributed by atoms with Crippen LogP contribution in [0.25, 0.3) is 11.0 Å². The molecule has 1 fully saturated rings. The number of pyridine rings is 1. The Morgan fingerprint density at radius 2 is 2.06 bits per heavy atom. The van der Waals surface area contributed by atoms with Crippen molar-refractivity contribution in [2.75, 3.05) is 10.6 Å². The standard InChI is InChI=1S/C26H25N7O2/c27-23(34)21-16-6-7-17(11-16)22(21)31-25-20-8-10-29-24(20)32-26(33-25)30-18-4-1-5-19(12-18)35-14-15-3-2-9-28-13-15/h1-10,12-13,16-17,21-22H,11,14H2,(H2,27,34)(H3,29,30,31,32,33)/t16-,17?,21?,22?/m1/s1. The number of anilines is 3. The van der Waals surface area contributed by atoms with Crippen molar-refractivity contribution in [3.63, 3.8) is 0 Å². The smallest absolute Gasteiger partial charge is 0.231 e. The van der Waals surface area contributed by atoms with E-state index in [1.54, 1.807) is 12.4 Å². The first kappa shape index (κ1) is 21.2. The molecular weight excluding hydrogens is 442 g/mol. The van der Waals surface area contributed by atoms with Gasteiger partial charge in [-0.2, -0.15) is 9.97 Å². The zero-order chi connectivity index (χ0) is 23.8. The minimum absolute atomic E-state index is 0.0902. The summed E-state index contributed by atoms with van der Waals surface area (Å²) in [6.45, 7) is 0.426. The highest BCUT2D eigenvalue weighted by Crippen LogP contribution is 2.45. The van der Waals surface area contributed by atoms with E-state index in [1.165, 1.54) is 0 Å². The second-order valence-electron chi connectivity index (χ2n) is 8.99. The summed E-state index contributed by atoms with van der Waals surface area (Å²) in [5, 5.41) is 7.65. The third-order valence-electron chi connectivity index (χ3n) is 6.73. The van der Waals surface area contributed by atoms with Crippen LogP contribution in [-0.4, -0.2) is 31.9 Å². The Balaban J connectivity index is 1.23. The van der Waals surface area contributed by atoms with Crippen molar-refractivity contribution in [2.24, 2.45) is 23.5 Å². The minimum Gasteiger partial charge on any atom is -0.489 e. The molecule has 0 spiro atoms. The van der Waals surface area contributed by atoms with Gasteiger partial charge in [0.15, 0.2) is 0 Å². The number of carbonyl (C=O) groups is 1. The molecule has 0 radical (unpaired) electrons. The van der Waals surface area contributed by atoms with Crippen LogP contribution in [0.4, 0.5) is 17.5 Å². The van der Waals surface area contributed by atoms with Gasteiger partial charge in [-0.25, -0.2) is 0 Å². The third kappa shape index (κ3) is 4.16. The summed E-state index contributed by atoms with van der Waals surface area (Å²) in [6.07, 6.45) is 10.6. The Hall–Kier alpha value is -4.40. The van der Waals surface area contributed by atoms with Crippen LogP contribution in [0.15, 0.2) is 73.2 Å². The molecule has 176 valence electrons. The van der Waals surface area contributed by atoms with Crippen LogP contribution < -0.4 is 21.1 Å². The summed E-state index contributed by atoms with van der Waals surface area (Å²) in [5.74, 6) is 1.73. The van der Waals surface area contributed by atoms with Crippen molar-refractivity contribution in [1.29, 1.82) is 0 Å². The third-order valence-corrected chi connectivity index (χ3v) is 6.73. The van der Waals surface area contributed by atoms with Gasteiger partial charge in [-0.3, -0.25) is 9.78 Å². The summed E-state index contributed by atoms with van der Waals surface area (Å²) in [5.41, 5.74) is 8.23. The molecule has 9 nitrogen and oxygen atoms in total. The number of nitrogens with two attached hydrogens (primary N) is 1. The Morgan fingerprint density at radius 1 is 1.14 bits per heavy atom. The molecule has 2 bridgehead atoms. The van der Waals surface area contributed by atoms with E-state index in [4.69, 9.17) is 15.5 Å². The van der Waals surface area contributed by atoms with E-state index in [-0.39, 0.29) is 29.7 Å². The van der Waals surface area contributed by atoms with Crippen LogP contribution in [-0.2, 0) is 11.4 Å². The zero-order valence-electron chi connectivity index (χ0n) is 18.9. The van der Waals surface area contributed by atoms with Gasteiger partial charge in [-0.15, -0.1) is 0 Å². The van der Waals surface area contributed by atoms with Gasteiger partial charge in [0, 0.05) is 41.9 Å². The topological polar surface area (TPSA) is 131 Å². The van der Waals surface area contributed by atoms with Crippen LogP contribution in [0.2, 0.25) is 0 Å². The van der Waals surface area contributed by atoms with Crippen molar-refractivity contribution in [3.05, 3.63) is 78.8 Å². The molecule has 2 aliphatic carbocycles. The molecule has 5 N–H and O–H groups in total. The van der Waals surface area contributed by atoms with E-state index >= 15 is 0 Å². The maximum atomic E-state index is 12.2. The van der Waals surface area contributed by atoms with Crippen LogP contribution in [0.5, 0.6) is 5.75 Å². The van der Waals surface area contributed by atoms with Crippen LogP contribution in [0, 0.1) is 17.8 Å². The molecule has 1 amide bonds. The fourth-order valence-corrected chi connectivity index (χ4v) is 5.11. The molecule has 35 heavy (non-hydrogen) atoms. The van der Waals surface area contributed by atoms with Crippen LogP contribution >= 0.6 is 0 Å². The van der Waals surface area contributed by atoms with Gasteiger partial charge >= 0.3 is 0 Å². The number of primary amides is 1. The first-order valence-electron chi connectivity index (χ1n) is 11.6. The van der Waals surface area contributed by atoms with Crippen molar-refractivity contribution in [2.45, 2.75) is 19.1 Å². The molecule has 1 saturated carbocycles. The Morgan fingerprint density at radius 3 is 2.91 bits per heavy atom. The van der Waals surface area contributed by atoms with Crippen molar-refractivity contribution in [1.82, 2.24) is 19.9 Å². The average molecular weight is 468 g/mol. The van der Waals surface area contributed by atoms with Crippen molar-refractivity contribution >= 4 is 34.4 Å². The first-order chi connectivity index (χ1) is 17.1. The first-order valence-corrected chi connectivity index (χ1v) is 11.6. The fraction of sp³-hybridized carbons (Fsp3) is 0.231. The molecule has 2 aliphatic rings.